The Kier molecular flexibility index (Phi) is 5.19. The number of nitrogens with zero attached hydrogens (tertiary/aromatic N) is 1. The van der Waals surface area contributed by atoms with Gasteiger partial charge in [0.25, 0.3) is 5.91 Å². The van der Waals surface area contributed by atoms with E-state index >= 15 is 0 Å². The Morgan fingerprint density at radius 1 is 1.33 bits per heavy atom. The van der Waals surface area contributed by atoms with Gasteiger partial charge in [0.2, 0.25) is 6.79 Å². The van der Waals surface area contributed by atoms with Crippen molar-refractivity contribution in [1.82, 2.24) is 10.2 Å². The first-order valence-electron chi connectivity index (χ1n) is 6.74. The maximum atomic E-state index is 12.5. The van der Waals surface area contributed by atoms with Crippen molar-refractivity contribution in [2.45, 2.75) is 18.9 Å². The second-order valence-corrected chi connectivity index (χ2v) is 5.50. The molecule has 0 aromatic heterocycles. The molecule has 1 N–H and O–H groups in total. The zero-order chi connectivity index (χ0) is 14.1. The number of piperidine rings is 1. The monoisotopic (exact) mass is 332 g/mol. The summed E-state index contributed by atoms with van der Waals surface area (Å²) >= 11 is 6.12. The predicted octanol–water partition coefficient (Wildman–Crippen LogP) is 2.31. The maximum Gasteiger partial charge on any atom is 0.254 e. The van der Waals surface area contributed by atoms with Crippen LogP contribution in [0.4, 0.5) is 0 Å². The van der Waals surface area contributed by atoms with Crippen molar-refractivity contribution in [3.63, 3.8) is 0 Å². The number of carbonyl (C=O) groups is 1. The van der Waals surface area contributed by atoms with E-state index < -0.39 is 0 Å². The summed E-state index contributed by atoms with van der Waals surface area (Å²) < 4.78 is 10.6. The molecule has 0 unspecified atom stereocenters. The lowest BCUT2D eigenvalue weighted by atomic mass is 10.0. The van der Waals surface area contributed by atoms with Crippen molar-refractivity contribution in [2.24, 2.45) is 0 Å². The van der Waals surface area contributed by atoms with Crippen molar-refractivity contribution in [1.29, 1.82) is 0 Å². The number of amides is 1. The van der Waals surface area contributed by atoms with Crippen molar-refractivity contribution < 1.29 is 14.3 Å². The third-order valence-electron chi connectivity index (χ3n) is 3.85. The molecule has 0 saturated carbocycles. The lowest BCUT2D eigenvalue weighted by molar-refractivity contribution is 0.0703. The summed E-state index contributed by atoms with van der Waals surface area (Å²) in [6.07, 6.45) is 1.95. The zero-order valence-electron chi connectivity index (χ0n) is 11.7. The Labute approximate surface area is 134 Å². The van der Waals surface area contributed by atoms with Gasteiger partial charge in [-0.3, -0.25) is 4.79 Å². The molecule has 1 amide bonds. The molecular formula is C14H18Cl2N2O3. The van der Waals surface area contributed by atoms with E-state index in [1.807, 2.05) is 7.05 Å². The molecule has 0 bridgehead atoms. The van der Waals surface area contributed by atoms with Gasteiger partial charge in [0.15, 0.2) is 11.5 Å². The van der Waals surface area contributed by atoms with E-state index in [2.05, 4.69) is 5.32 Å². The van der Waals surface area contributed by atoms with Crippen LogP contribution in [-0.4, -0.2) is 43.8 Å². The van der Waals surface area contributed by atoms with Gasteiger partial charge in [-0.25, -0.2) is 0 Å². The van der Waals surface area contributed by atoms with Crippen LogP contribution in [0.15, 0.2) is 12.1 Å². The standard InChI is InChI=1S/C14H17ClN2O3.ClH/c1-17(10-2-4-16-5-3-10)14(18)9-6-11(15)13-12(7-9)19-8-20-13;/h6-7,10,16H,2-5,8H2,1H3;1H. The summed E-state index contributed by atoms with van der Waals surface area (Å²) in [5.41, 5.74) is 0.542. The second kappa shape index (κ2) is 6.73. The van der Waals surface area contributed by atoms with E-state index in [1.165, 1.54) is 0 Å². The van der Waals surface area contributed by atoms with Crippen LogP contribution in [0, 0.1) is 0 Å². The number of hydrogen-bond acceptors (Lipinski definition) is 4. The molecule has 2 aliphatic heterocycles. The van der Waals surface area contributed by atoms with Crippen molar-refractivity contribution in [2.75, 3.05) is 26.9 Å². The first-order valence-corrected chi connectivity index (χ1v) is 7.11. The quantitative estimate of drug-likeness (QED) is 0.902. The van der Waals surface area contributed by atoms with Crippen LogP contribution >= 0.6 is 24.0 Å². The number of carbonyl (C=O) groups excluding carboxylic acids is 1. The molecule has 0 aliphatic carbocycles. The van der Waals surface area contributed by atoms with Crippen LogP contribution in [0.3, 0.4) is 0 Å². The lowest BCUT2D eigenvalue weighted by Gasteiger charge is -2.31. The molecule has 7 heteroatoms. The third-order valence-corrected chi connectivity index (χ3v) is 4.13. The number of halogens is 2. The van der Waals surface area contributed by atoms with Crippen LogP contribution in [0.5, 0.6) is 11.5 Å². The Bertz CT molecular complexity index is 533. The Balaban J connectivity index is 0.00000161. The minimum absolute atomic E-state index is 0. The summed E-state index contributed by atoms with van der Waals surface area (Å²) in [7, 11) is 1.84. The molecule has 116 valence electrons. The van der Waals surface area contributed by atoms with Crippen LogP contribution in [0.2, 0.25) is 5.02 Å². The normalized spacial score (nSPS) is 17.2. The SMILES string of the molecule is CN(C(=O)c1cc(Cl)c2c(c1)OCO2)C1CCNCC1.Cl. The minimum atomic E-state index is -0.0305. The van der Waals surface area contributed by atoms with Gasteiger partial charge in [-0.15, -0.1) is 12.4 Å². The summed E-state index contributed by atoms with van der Waals surface area (Å²) in [6, 6.07) is 3.62. The molecule has 1 aromatic rings. The number of hydrogen-bond donors (Lipinski definition) is 1. The van der Waals surface area contributed by atoms with Crippen LogP contribution in [0.25, 0.3) is 0 Å². The predicted molar refractivity (Wildman–Crippen MR) is 82.8 cm³/mol. The molecule has 1 aromatic carbocycles. The fraction of sp³-hybridized carbons (Fsp3) is 0.500. The Morgan fingerprint density at radius 2 is 2.05 bits per heavy atom. The van der Waals surface area contributed by atoms with E-state index in [4.69, 9.17) is 21.1 Å². The van der Waals surface area contributed by atoms with Crippen LogP contribution in [0.1, 0.15) is 23.2 Å². The van der Waals surface area contributed by atoms with Gasteiger partial charge in [0, 0.05) is 18.7 Å². The highest BCUT2D eigenvalue weighted by molar-refractivity contribution is 6.32. The topological polar surface area (TPSA) is 50.8 Å². The van der Waals surface area contributed by atoms with Gasteiger partial charge in [-0.2, -0.15) is 0 Å². The molecule has 2 aliphatic rings. The summed E-state index contributed by atoms with van der Waals surface area (Å²) in [6.45, 7) is 2.05. The van der Waals surface area contributed by atoms with E-state index in [-0.39, 0.29) is 31.1 Å². The second-order valence-electron chi connectivity index (χ2n) is 5.09. The van der Waals surface area contributed by atoms with Crippen LogP contribution in [-0.2, 0) is 0 Å². The van der Waals surface area contributed by atoms with Crippen LogP contribution < -0.4 is 14.8 Å². The van der Waals surface area contributed by atoms with Crippen molar-refractivity contribution >= 4 is 29.9 Å². The fourth-order valence-corrected chi connectivity index (χ4v) is 2.92. The van der Waals surface area contributed by atoms with E-state index in [0.29, 0.717) is 22.1 Å². The molecule has 1 saturated heterocycles. The van der Waals surface area contributed by atoms with Crippen molar-refractivity contribution in [3.05, 3.63) is 22.7 Å². The highest BCUT2D eigenvalue weighted by Crippen LogP contribution is 2.40. The smallest absolute Gasteiger partial charge is 0.254 e. The molecule has 5 nitrogen and oxygen atoms in total. The van der Waals surface area contributed by atoms with E-state index in [9.17, 15) is 4.79 Å². The zero-order valence-corrected chi connectivity index (χ0v) is 13.3. The van der Waals surface area contributed by atoms with Crippen molar-refractivity contribution in [3.8, 4) is 11.5 Å². The molecule has 1 fully saturated rings. The number of rotatable bonds is 2. The summed E-state index contributed by atoms with van der Waals surface area (Å²) in [5.74, 6) is 1.03. The van der Waals surface area contributed by atoms with Gasteiger partial charge < -0.3 is 19.7 Å². The summed E-state index contributed by atoms with van der Waals surface area (Å²) in [4.78, 5) is 14.3. The Morgan fingerprint density at radius 3 is 2.76 bits per heavy atom. The number of benzene rings is 1. The lowest BCUT2D eigenvalue weighted by Crippen LogP contribution is -2.43. The molecule has 21 heavy (non-hydrogen) atoms. The molecule has 0 radical (unpaired) electrons. The molecule has 2 heterocycles. The molecular weight excluding hydrogens is 315 g/mol. The summed E-state index contributed by atoms with van der Waals surface area (Å²) in [5, 5.41) is 3.71. The molecule has 0 atom stereocenters. The largest absolute Gasteiger partial charge is 0.454 e. The third kappa shape index (κ3) is 3.20. The van der Waals surface area contributed by atoms with Gasteiger partial charge >= 0.3 is 0 Å². The first kappa shape index (κ1) is 16.2. The van der Waals surface area contributed by atoms with Gasteiger partial charge in [0.05, 0.1) is 5.02 Å². The molecule has 0 spiro atoms. The van der Waals surface area contributed by atoms with E-state index in [1.54, 1.807) is 17.0 Å². The number of ether oxygens (including phenoxy) is 2. The van der Waals surface area contributed by atoms with Gasteiger partial charge in [-0.05, 0) is 38.1 Å². The number of nitrogens with one attached hydrogen (secondary N) is 1. The highest BCUT2D eigenvalue weighted by atomic mass is 35.5. The number of fused-ring (bicyclic) bond motifs is 1. The van der Waals surface area contributed by atoms with Gasteiger partial charge in [0.1, 0.15) is 0 Å². The fourth-order valence-electron chi connectivity index (χ4n) is 2.65. The van der Waals surface area contributed by atoms with Gasteiger partial charge in [-0.1, -0.05) is 11.6 Å². The first-order chi connectivity index (χ1) is 9.66. The average molecular weight is 333 g/mol. The average Bonchev–Trinajstić information content (AvgIpc) is 2.95. The Hall–Kier alpha value is -1.17. The highest BCUT2D eigenvalue weighted by Gasteiger charge is 2.26. The van der Waals surface area contributed by atoms with E-state index in [0.717, 1.165) is 25.9 Å². The maximum absolute atomic E-state index is 12.5. The minimum Gasteiger partial charge on any atom is -0.454 e. The molecule has 3 rings (SSSR count).